The fourth-order valence-corrected chi connectivity index (χ4v) is 2.09. The number of hydrogen-bond donors (Lipinski definition) is 2. The van der Waals surface area contributed by atoms with Gasteiger partial charge in [0.2, 0.25) is 0 Å². The summed E-state index contributed by atoms with van der Waals surface area (Å²) in [5, 5.41) is 13.3. The van der Waals surface area contributed by atoms with E-state index in [-0.39, 0.29) is 19.0 Å². The second kappa shape index (κ2) is 7.64. The lowest BCUT2D eigenvalue weighted by molar-refractivity contribution is 0.117. The Bertz CT molecular complexity index is 612. The first kappa shape index (κ1) is 16.1. The lowest BCUT2D eigenvalue weighted by Gasteiger charge is -2.14. The van der Waals surface area contributed by atoms with Gasteiger partial charge in [0.25, 0.3) is 0 Å². The van der Waals surface area contributed by atoms with Crippen molar-refractivity contribution < 1.29 is 14.2 Å². The maximum Gasteiger partial charge on any atom is 0.139 e. The molecular formula is C15H14BrClFNO2. The summed E-state index contributed by atoms with van der Waals surface area (Å²) in [6, 6.07) is 11.7. The fraction of sp³-hybridized carbons (Fsp3) is 0.200. The SMILES string of the molecule is OC(CNc1ccc(Br)c(F)c1)COc1ccccc1Cl. The summed E-state index contributed by atoms with van der Waals surface area (Å²) in [5.41, 5.74) is 0.590. The normalized spacial score (nSPS) is 12.0. The summed E-state index contributed by atoms with van der Waals surface area (Å²) in [6.45, 7) is 0.335. The highest BCUT2D eigenvalue weighted by atomic mass is 79.9. The van der Waals surface area contributed by atoms with Gasteiger partial charge in [0.05, 0.1) is 9.50 Å². The molecule has 0 amide bonds. The number of hydrogen-bond acceptors (Lipinski definition) is 3. The highest BCUT2D eigenvalue weighted by molar-refractivity contribution is 9.10. The maximum atomic E-state index is 13.3. The van der Waals surface area contributed by atoms with E-state index in [1.165, 1.54) is 6.07 Å². The molecule has 2 aromatic carbocycles. The summed E-state index contributed by atoms with van der Waals surface area (Å²) in [4.78, 5) is 0. The van der Waals surface area contributed by atoms with Crippen molar-refractivity contribution in [2.24, 2.45) is 0 Å². The van der Waals surface area contributed by atoms with Crippen molar-refractivity contribution in [3.63, 3.8) is 0 Å². The Morgan fingerprint density at radius 3 is 2.76 bits per heavy atom. The van der Waals surface area contributed by atoms with Crippen LogP contribution in [0.25, 0.3) is 0 Å². The van der Waals surface area contributed by atoms with Crippen LogP contribution in [0.5, 0.6) is 5.75 Å². The van der Waals surface area contributed by atoms with Crippen molar-refractivity contribution in [1.29, 1.82) is 0 Å². The zero-order valence-electron chi connectivity index (χ0n) is 11.0. The molecule has 0 saturated carbocycles. The average Bonchev–Trinajstić information content (AvgIpc) is 2.47. The van der Waals surface area contributed by atoms with Crippen molar-refractivity contribution in [2.45, 2.75) is 6.10 Å². The van der Waals surface area contributed by atoms with E-state index >= 15 is 0 Å². The first-order chi connectivity index (χ1) is 10.1. The number of ether oxygens (including phenoxy) is 1. The molecule has 0 aliphatic heterocycles. The first-order valence-electron chi connectivity index (χ1n) is 6.30. The minimum absolute atomic E-state index is 0.0930. The molecule has 0 aliphatic rings. The Hall–Kier alpha value is -1.30. The highest BCUT2D eigenvalue weighted by Crippen LogP contribution is 2.23. The van der Waals surface area contributed by atoms with Gasteiger partial charge >= 0.3 is 0 Å². The van der Waals surface area contributed by atoms with E-state index in [1.54, 1.807) is 36.4 Å². The molecule has 0 radical (unpaired) electrons. The quantitative estimate of drug-likeness (QED) is 0.800. The van der Waals surface area contributed by atoms with Gasteiger partial charge in [-0.25, -0.2) is 4.39 Å². The maximum absolute atomic E-state index is 13.3. The van der Waals surface area contributed by atoms with Crippen LogP contribution in [0, 0.1) is 5.82 Å². The summed E-state index contributed by atoms with van der Waals surface area (Å²) >= 11 is 9.03. The molecule has 0 heterocycles. The molecule has 6 heteroatoms. The van der Waals surface area contributed by atoms with Crippen molar-refractivity contribution in [3.8, 4) is 5.75 Å². The van der Waals surface area contributed by atoms with Gasteiger partial charge in [0.1, 0.15) is 24.3 Å². The smallest absolute Gasteiger partial charge is 0.139 e. The van der Waals surface area contributed by atoms with Crippen LogP contribution in [0.15, 0.2) is 46.9 Å². The van der Waals surface area contributed by atoms with E-state index in [1.807, 2.05) is 0 Å². The van der Waals surface area contributed by atoms with Gasteiger partial charge in [-0.3, -0.25) is 0 Å². The van der Waals surface area contributed by atoms with Crippen LogP contribution in [0.2, 0.25) is 5.02 Å². The summed E-state index contributed by atoms with van der Waals surface area (Å²) in [7, 11) is 0. The monoisotopic (exact) mass is 373 g/mol. The molecule has 0 spiro atoms. The summed E-state index contributed by atoms with van der Waals surface area (Å²) in [6.07, 6.45) is -0.743. The predicted octanol–water partition coefficient (Wildman–Crippen LogP) is 4.09. The van der Waals surface area contributed by atoms with Gasteiger partial charge in [0, 0.05) is 12.2 Å². The van der Waals surface area contributed by atoms with Crippen molar-refractivity contribution in [2.75, 3.05) is 18.5 Å². The third-order valence-electron chi connectivity index (χ3n) is 2.73. The number of halogens is 3. The Kier molecular flexibility index (Phi) is 5.85. The summed E-state index contributed by atoms with van der Waals surface area (Å²) < 4.78 is 19.2. The minimum Gasteiger partial charge on any atom is -0.489 e. The number of benzene rings is 2. The number of aliphatic hydroxyl groups is 1. The Morgan fingerprint density at radius 1 is 1.29 bits per heavy atom. The van der Waals surface area contributed by atoms with Crippen LogP contribution in [0.3, 0.4) is 0 Å². The lowest BCUT2D eigenvalue weighted by Crippen LogP contribution is -2.26. The molecular weight excluding hydrogens is 361 g/mol. The molecule has 0 saturated heterocycles. The van der Waals surface area contributed by atoms with Crippen LogP contribution in [-0.2, 0) is 0 Å². The van der Waals surface area contributed by atoms with E-state index in [2.05, 4.69) is 21.2 Å². The standard InChI is InChI=1S/C15H14BrClFNO2/c16-12-6-5-10(7-14(12)18)19-8-11(20)9-21-15-4-2-1-3-13(15)17/h1-7,11,19-20H,8-9H2. The molecule has 0 aliphatic carbocycles. The number of aliphatic hydroxyl groups excluding tert-OH is 1. The van der Waals surface area contributed by atoms with Crippen LogP contribution in [-0.4, -0.2) is 24.4 Å². The van der Waals surface area contributed by atoms with Crippen LogP contribution < -0.4 is 10.1 Å². The van der Waals surface area contributed by atoms with E-state index in [0.717, 1.165) is 0 Å². The average molecular weight is 375 g/mol. The van der Waals surface area contributed by atoms with Gasteiger partial charge in [-0.05, 0) is 46.3 Å². The third-order valence-corrected chi connectivity index (χ3v) is 3.68. The van der Waals surface area contributed by atoms with Gasteiger partial charge < -0.3 is 15.2 Å². The van der Waals surface area contributed by atoms with E-state index < -0.39 is 6.10 Å². The topological polar surface area (TPSA) is 41.5 Å². The first-order valence-corrected chi connectivity index (χ1v) is 7.47. The fourth-order valence-electron chi connectivity index (χ4n) is 1.65. The molecule has 21 heavy (non-hydrogen) atoms. The third kappa shape index (κ3) is 4.88. The molecule has 2 rings (SSSR count). The van der Waals surface area contributed by atoms with Gasteiger partial charge in [-0.1, -0.05) is 23.7 Å². The minimum atomic E-state index is -0.743. The zero-order chi connectivity index (χ0) is 15.2. The van der Waals surface area contributed by atoms with Crippen molar-refractivity contribution >= 4 is 33.2 Å². The molecule has 0 bridgehead atoms. The summed E-state index contributed by atoms with van der Waals surface area (Å²) in [5.74, 6) is 0.162. The molecule has 2 aromatic rings. The highest BCUT2D eigenvalue weighted by Gasteiger charge is 2.08. The number of para-hydroxylation sites is 1. The number of rotatable bonds is 6. The molecule has 1 atom stereocenters. The van der Waals surface area contributed by atoms with Crippen LogP contribution in [0.4, 0.5) is 10.1 Å². The molecule has 0 fully saturated rings. The van der Waals surface area contributed by atoms with E-state index in [4.69, 9.17) is 16.3 Å². The Morgan fingerprint density at radius 2 is 2.05 bits per heavy atom. The molecule has 3 nitrogen and oxygen atoms in total. The zero-order valence-corrected chi connectivity index (χ0v) is 13.4. The Balaban J connectivity index is 1.81. The van der Waals surface area contributed by atoms with Crippen molar-refractivity contribution in [1.82, 2.24) is 0 Å². The largest absolute Gasteiger partial charge is 0.489 e. The lowest BCUT2D eigenvalue weighted by atomic mass is 10.3. The number of anilines is 1. The number of nitrogens with one attached hydrogen (secondary N) is 1. The van der Waals surface area contributed by atoms with E-state index in [9.17, 15) is 9.50 Å². The van der Waals surface area contributed by atoms with Gasteiger partial charge in [-0.2, -0.15) is 0 Å². The molecule has 1 unspecified atom stereocenters. The predicted molar refractivity (Wildman–Crippen MR) is 85.5 cm³/mol. The second-order valence-corrected chi connectivity index (χ2v) is 5.67. The van der Waals surface area contributed by atoms with Crippen LogP contribution >= 0.6 is 27.5 Å². The second-order valence-electron chi connectivity index (χ2n) is 4.41. The molecule has 112 valence electrons. The van der Waals surface area contributed by atoms with Crippen LogP contribution in [0.1, 0.15) is 0 Å². The van der Waals surface area contributed by atoms with Gasteiger partial charge in [0.15, 0.2) is 0 Å². The molecule has 0 aromatic heterocycles. The van der Waals surface area contributed by atoms with Gasteiger partial charge in [-0.15, -0.1) is 0 Å². The molecule has 2 N–H and O–H groups in total. The Labute approximate surface area is 135 Å². The van der Waals surface area contributed by atoms with Crippen molar-refractivity contribution in [3.05, 3.63) is 57.8 Å². The van der Waals surface area contributed by atoms with E-state index in [0.29, 0.717) is 20.9 Å².